The first-order chi connectivity index (χ1) is 18.6. The number of amides is 2. The fraction of sp³-hybridized carbons (Fsp3) is 0.370. The molecule has 0 saturated carbocycles. The van der Waals surface area contributed by atoms with Crippen molar-refractivity contribution in [1.82, 2.24) is 24.6 Å². The third-order valence-corrected chi connectivity index (χ3v) is 7.08. The number of piperazine rings is 1. The number of carbonyl (C=O) groups is 2. The van der Waals surface area contributed by atoms with E-state index in [2.05, 4.69) is 15.0 Å². The molecule has 12 nitrogen and oxygen atoms in total. The van der Waals surface area contributed by atoms with Gasteiger partial charge in [0.15, 0.2) is 12.6 Å². The van der Waals surface area contributed by atoms with Gasteiger partial charge < -0.3 is 25.2 Å². The molecule has 0 radical (unpaired) electrons. The Morgan fingerprint density at radius 3 is 2.51 bits per heavy atom. The number of hydrogen-bond donors (Lipinski definition) is 2. The largest absolute Gasteiger partial charge is 0.466 e. The lowest BCUT2D eigenvalue weighted by molar-refractivity contribution is 0.0511. The van der Waals surface area contributed by atoms with Crippen molar-refractivity contribution < 1.29 is 24.2 Å². The van der Waals surface area contributed by atoms with Crippen LogP contribution in [0, 0.1) is 6.92 Å². The van der Waals surface area contributed by atoms with E-state index in [4.69, 9.17) is 20.2 Å². The first-order valence-electron chi connectivity index (χ1n) is 12.6. The van der Waals surface area contributed by atoms with Crippen LogP contribution >= 0.6 is 0 Å². The first-order valence-corrected chi connectivity index (χ1v) is 12.6. The van der Waals surface area contributed by atoms with Gasteiger partial charge in [-0.25, -0.2) is 14.8 Å². The zero-order valence-corrected chi connectivity index (χ0v) is 22.5. The summed E-state index contributed by atoms with van der Waals surface area (Å²) >= 11 is 0. The Morgan fingerprint density at radius 1 is 1.15 bits per heavy atom. The van der Waals surface area contributed by atoms with E-state index in [0.717, 1.165) is 22.2 Å². The summed E-state index contributed by atoms with van der Waals surface area (Å²) in [6.07, 6.45) is 0.957. The second kappa shape index (κ2) is 10.0. The molecule has 12 heteroatoms. The lowest BCUT2D eigenvalue weighted by Gasteiger charge is -2.44. The van der Waals surface area contributed by atoms with Gasteiger partial charge in [0.1, 0.15) is 11.4 Å². The molecule has 2 atom stereocenters. The molecule has 0 spiro atoms. The van der Waals surface area contributed by atoms with E-state index in [1.807, 2.05) is 58.3 Å². The van der Waals surface area contributed by atoms with E-state index in [-0.39, 0.29) is 24.6 Å². The molecule has 1 aliphatic rings. The van der Waals surface area contributed by atoms with Crippen molar-refractivity contribution in [3.8, 4) is 17.1 Å². The quantitative estimate of drug-likeness (QED) is 0.356. The number of primary amides is 1. The van der Waals surface area contributed by atoms with Crippen LogP contribution in [-0.4, -0.2) is 80.8 Å². The van der Waals surface area contributed by atoms with E-state index >= 15 is 0 Å². The molecule has 1 aliphatic heterocycles. The van der Waals surface area contributed by atoms with Crippen molar-refractivity contribution in [3.63, 3.8) is 0 Å². The third kappa shape index (κ3) is 4.67. The molecule has 2 aromatic heterocycles. The highest BCUT2D eigenvalue weighted by Crippen LogP contribution is 2.38. The number of ether oxygens (including phenoxy) is 2. The van der Waals surface area contributed by atoms with Gasteiger partial charge in [0, 0.05) is 55.5 Å². The van der Waals surface area contributed by atoms with Crippen molar-refractivity contribution in [2.75, 3.05) is 31.9 Å². The summed E-state index contributed by atoms with van der Waals surface area (Å²) < 4.78 is 12.8. The molecule has 2 amide bonds. The van der Waals surface area contributed by atoms with Gasteiger partial charge in [-0.2, -0.15) is 5.10 Å². The number of benzene rings is 2. The number of carbonyl (C=O) groups excluding carboxylic acids is 1. The van der Waals surface area contributed by atoms with Crippen molar-refractivity contribution in [2.45, 2.75) is 32.9 Å². The number of aryl methyl sites for hydroxylation is 2. The van der Waals surface area contributed by atoms with E-state index in [1.54, 1.807) is 4.68 Å². The van der Waals surface area contributed by atoms with Gasteiger partial charge in [0.05, 0.1) is 28.7 Å². The summed E-state index contributed by atoms with van der Waals surface area (Å²) in [5.74, 6) is 0.117. The number of anilines is 1. The van der Waals surface area contributed by atoms with Crippen LogP contribution < -0.4 is 15.4 Å². The molecule has 4 aromatic rings. The number of aromatic nitrogens is 4. The van der Waals surface area contributed by atoms with Gasteiger partial charge >= 0.3 is 6.09 Å². The molecule has 1 fully saturated rings. The lowest BCUT2D eigenvalue weighted by atomic mass is 10.0. The molecule has 3 heterocycles. The molecular weight excluding hydrogens is 502 g/mol. The van der Waals surface area contributed by atoms with Gasteiger partial charge in [-0.05, 0) is 45.0 Å². The van der Waals surface area contributed by atoms with Gasteiger partial charge in [0.25, 0.3) is 5.91 Å². The predicted molar refractivity (Wildman–Crippen MR) is 146 cm³/mol. The summed E-state index contributed by atoms with van der Waals surface area (Å²) in [5, 5.41) is 15.5. The van der Waals surface area contributed by atoms with E-state index in [0.29, 0.717) is 41.1 Å². The maximum atomic E-state index is 12.6. The van der Waals surface area contributed by atoms with Crippen LogP contribution in [0.3, 0.4) is 0 Å². The van der Waals surface area contributed by atoms with Crippen LogP contribution in [0.2, 0.25) is 0 Å². The van der Waals surface area contributed by atoms with Crippen molar-refractivity contribution in [1.29, 1.82) is 0 Å². The van der Waals surface area contributed by atoms with Gasteiger partial charge in [-0.1, -0.05) is 0 Å². The second-order valence-electron chi connectivity index (χ2n) is 9.92. The maximum absolute atomic E-state index is 12.6. The predicted octanol–water partition coefficient (Wildman–Crippen LogP) is 3.15. The fourth-order valence-electron chi connectivity index (χ4n) is 5.44. The summed E-state index contributed by atoms with van der Waals surface area (Å²) in [6, 6.07) is 7.06. The molecule has 3 N–H and O–H groups in total. The molecule has 204 valence electrons. The first kappa shape index (κ1) is 26.2. The molecule has 39 heavy (non-hydrogen) atoms. The van der Waals surface area contributed by atoms with Crippen molar-refractivity contribution >= 4 is 39.5 Å². The van der Waals surface area contributed by atoms with E-state index < -0.39 is 12.0 Å². The van der Waals surface area contributed by atoms with Crippen LogP contribution in [0.15, 0.2) is 30.5 Å². The van der Waals surface area contributed by atoms with Crippen LogP contribution in [0.1, 0.15) is 29.9 Å². The summed E-state index contributed by atoms with van der Waals surface area (Å²) in [4.78, 5) is 37.3. The third-order valence-electron chi connectivity index (χ3n) is 7.08. The molecular formula is C27H31N7O5. The van der Waals surface area contributed by atoms with Crippen LogP contribution in [0.25, 0.3) is 33.2 Å². The summed E-state index contributed by atoms with van der Waals surface area (Å²) in [7, 11) is 3.37. The molecule has 2 aromatic carbocycles. The van der Waals surface area contributed by atoms with E-state index in [1.165, 1.54) is 12.0 Å². The SMILES string of the molecule is COCOc1c(-c2nc(C(N)=O)c3cc(N4C[C@@H](C)N(C(=O)O)[C@@H](C)C4)ccc3n2)cc2cn(C)nc2c1C. The number of methoxy groups -OCH3 is 1. The average Bonchev–Trinajstić information content (AvgIpc) is 3.26. The van der Waals surface area contributed by atoms with E-state index in [9.17, 15) is 14.7 Å². The average molecular weight is 534 g/mol. The number of nitrogens with two attached hydrogens (primary N) is 1. The normalized spacial score (nSPS) is 17.7. The summed E-state index contributed by atoms with van der Waals surface area (Å²) in [6.45, 7) is 6.70. The minimum Gasteiger partial charge on any atom is -0.466 e. The second-order valence-corrected chi connectivity index (χ2v) is 9.92. The van der Waals surface area contributed by atoms with Gasteiger partial charge in [-0.3, -0.25) is 14.4 Å². The number of fused-ring (bicyclic) bond motifs is 2. The number of rotatable bonds is 6. The number of hydrogen-bond acceptors (Lipinski definition) is 8. The Balaban J connectivity index is 1.62. The lowest BCUT2D eigenvalue weighted by Crippen LogP contribution is -2.58. The maximum Gasteiger partial charge on any atom is 0.407 e. The topological polar surface area (TPSA) is 149 Å². The summed E-state index contributed by atoms with van der Waals surface area (Å²) in [5.41, 5.74) is 9.44. The smallest absolute Gasteiger partial charge is 0.407 e. The highest BCUT2D eigenvalue weighted by Gasteiger charge is 2.33. The van der Waals surface area contributed by atoms with Crippen molar-refractivity contribution in [2.24, 2.45) is 12.8 Å². The Hall–Kier alpha value is -4.45. The minimum absolute atomic E-state index is 0.0117. The van der Waals surface area contributed by atoms with Gasteiger partial charge in [0.2, 0.25) is 0 Å². The molecule has 0 bridgehead atoms. The zero-order valence-electron chi connectivity index (χ0n) is 22.5. The number of nitrogens with zero attached hydrogens (tertiary/aromatic N) is 6. The van der Waals surface area contributed by atoms with Crippen molar-refractivity contribution in [3.05, 3.63) is 41.7 Å². The monoisotopic (exact) mass is 533 g/mol. The standard InChI is InChI=1S/C27H31N7O5/c1-14-10-33(11-15(2)34(14)27(36)37)18-6-7-21-19(9-18)23(25(28)35)30-26(29-21)20-8-17-12-32(4)31-22(17)16(3)24(20)39-13-38-5/h6-9,12,14-15H,10-11,13H2,1-5H3,(H2,28,35)(H,36,37)/t14-,15+. The highest BCUT2D eigenvalue weighted by molar-refractivity contribution is 6.05. The van der Waals surface area contributed by atoms with Crippen LogP contribution in [-0.2, 0) is 11.8 Å². The van der Waals surface area contributed by atoms with Crippen LogP contribution in [0.5, 0.6) is 5.75 Å². The Morgan fingerprint density at radius 2 is 1.87 bits per heavy atom. The van der Waals surface area contributed by atoms with Crippen LogP contribution in [0.4, 0.5) is 10.5 Å². The molecule has 5 rings (SSSR count). The molecule has 0 aliphatic carbocycles. The minimum atomic E-state index is -0.932. The fourth-order valence-corrected chi connectivity index (χ4v) is 5.44. The van der Waals surface area contributed by atoms with Gasteiger partial charge in [-0.15, -0.1) is 0 Å². The highest BCUT2D eigenvalue weighted by atomic mass is 16.7. The Kier molecular flexibility index (Phi) is 6.73. The molecule has 1 saturated heterocycles. The number of carboxylic acid groups (broad SMARTS) is 1. The molecule has 0 unspecified atom stereocenters. The Labute approximate surface area is 224 Å². The Bertz CT molecular complexity index is 1590. The zero-order chi connectivity index (χ0) is 28.0.